The minimum absolute atomic E-state index is 0.308. The smallest absolute Gasteiger partial charge is 0.465 e. The normalized spacial score (nSPS) is 9.93. The Hall–Kier alpha value is 0.135. The Bertz CT molecular complexity index is 394. The number of hydrogen-bond acceptors (Lipinski definition) is 4. The highest BCUT2D eigenvalue weighted by Gasteiger charge is 2.20. The van der Waals surface area contributed by atoms with Crippen LogP contribution in [0, 0.1) is 7.14 Å². The van der Waals surface area contributed by atoms with Crippen LogP contribution < -0.4 is 5.46 Å². The molecule has 2 N–H and O–H groups in total. The van der Waals surface area contributed by atoms with Gasteiger partial charge in [0, 0.05) is 7.14 Å². The molecule has 0 aliphatic rings. The van der Waals surface area contributed by atoms with E-state index in [0.717, 1.165) is 7.14 Å². The molecular weight excluding hydrogens is 425 g/mol. The van der Waals surface area contributed by atoms with Crippen LogP contribution in [0.25, 0.3) is 0 Å². The lowest BCUT2D eigenvalue weighted by molar-refractivity contribution is 0.0600. The number of esters is 1. The van der Waals surface area contributed by atoms with E-state index >= 15 is 0 Å². The molecule has 0 unspecified atom stereocenters. The molecular formula is C8H7BI2O4. The molecule has 0 amide bonds. The van der Waals surface area contributed by atoms with Gasteiger partial charge < -0.3 is 14.8 Å². The van der Waals surface area contributed by atoms with E-state index in [2.05, 4.69) is 4.74 Å². The fourth-order valence-electron chi connectivity index (χ4n) is 1.03. The van der Waals surface area contributed by atoms with E-state index in [9.17, 15) is 4.79 Å². The highest BCUT2D eigenvalue weighted by atomic mass is 127. The summed E-state index contributed by atoms with van der Waals surface area (Å²) in [7, 11) is -0.308. The van der Waals surface area contributed by atoms with Crippen LogP contribution in [0.5, 0.6) is 0 Å². The lowest BCUT2D eigenvalue weighted by Crippen LogP contribution is -2.33. The summed E-state index contributed by atoms with van der Waals surface area (Å²) < 4.78 is 6.05. The van der Waals surface area contributed by atoms with E-state index in [4.69, 9.17) is 10.0 Å². The second-order valence-electron chi connectivity index (χ2n) is 2.73. The lowest BCUT2D eigenvalue weighted by atomic mass is 9.79. The van der Waals surface area contributed by atoms with Crippen LogP contribution in [-0.4, -0.2) is 30.2 Å². The van der Waals surface area contributed by atoms with Gasteiger partial charge in [0.25, 0.3) is 0 Å². The summed E-state index contributed by atoms with van der Waals surface area (Å²) in [6, 6.07) is 3.06. The number of hydrogen-bond donors (Lipinski definition) is 2. The number of halogens is 2. The zero-order chi connectivity index (χ0) is 11.6. The molecule has 0 saturated heterocycles. The molecule has 1 rings (SSSR count). The maximum absolute atomic E-state index is 11.3. The fraction of sp³-hybridized carbons (Fsp3) is 0.125. The maximum atomic E-state index is 11.3. The molecule has 0 radical (unpaired) electrons. The molecule has 0 fully saturated rings. The lowest BCUT2D eigenvalue weighted by Gasteiger charge is -2.08. The summed E-state index contributed by atoms with van der Waals surface area (Å²) in [5.41, 5.74) is 0.619. The van der Waals surface area contributed by atoms with Gasteiger partial charge in [0.1, 0.15) is 0 Å². The first kappa shape index (κ1) is 13.2. The molecule has 1 aromatic carbocycles. The third kappa shape index (κ3) is 3.05. The largest absolute Gasteiger partial charge is 0.489 e. The van der Waals surface area contributed by atoms with Gasteiger partial charge >= 0.3 is 13.1 Å². The zero-order valence-corrected chi connectivity index (χ0v) is 12.0. The molecule has 15 heavy (non-hydrogen) atoms. The van der Waals surface area contributed by atoms with Crippen LogP contribution in [0.3, 0.4) is 0 Å². The molecule has 0 aromatic heterocycles. The zero-order valence-electron chi connectivity index (χ0n) is 7.70. The fourth-order valence-corrected chi connectivity index (χ4v) is 2.27. The van der Waals surface area contributed by atoms with Gasteiger partial charge in [-0.1, -0.05) is 0 Å². The summed E-state index contributed by atoms with van der Waals surface area (Å²) in [4.78, 5) is 11.3. The molecule has 4 nitrogen and oxygen atoms in total. The van der Waals surface area contributed by atoms with Crippen molar-refractivity contribution >= 4 is 63.7 Å². The van der Waals surface area contributed by atoms with Crippen molar-refractivity contribution in [1.82, 2.24) is 0 Å². The van der Waals surface area contributed by atoms with Crippen molar-refractivity contribution in [3.05, 3.63) is 24.8 Å². The Balaban J connectivity index is 3.29. The summed E-state index contributed by atoms with van der Waals surface area (Å²) >= 11 is 4.01. The van der Waals surface area contributed by atoms with Gasteiger partial charge in [-0.15, -0.1) is 0 Å². The van der Waals surface area contributed by atoms with Crippen LogP contribution in [0.2, 0.25) is 0 Å². The second kappa shape index (κ2) is 5.46. The van der Waals surface area contributed by atoms with Crippen LogP contribution in [0.1, 0.15) is 10.4 Å². The van der Waals surface area contributed by atoms with Crippen molar-refractivity contribution in [3.63, 3.8) is 0 Å². The molecule has 0 atom stereocenters. The first-order chi connectivity index (χ1) is 6.97. The molecule has 7 heteroatoms. The van der Waals surface area contributed by atoms with Crippen molar-refractivity contribution in [2.24, 2.45) is 0 Å². The van der Waals surface area contributed by atoms with Gasteiger partial charge in [-0.25, -0.2) is 4.79 Å². The molecule has 0 saturated carbocycles. The van der Waals surface area contributed by atoms with Crippen LogP contribution in [0.15, 0.2) is 12.1 Å². The average Bonchev–Trinajstić information content (AvgIpc) is 2.20. The Morgan fingerprint density at radius 2 is 2.00 bits per heavy atom. The maximum Gasteiger partial charge on any atom is 0.489 e. The predicted octanol–water partition coefficient (Wildman–Crippen LogP) is 0.362. The molecule has 0 aliphatic heterocycles. The van der Waals surface area contributed by atoms with Gasteiger partial charge in [-0.05, 0) is 62.8 Å². The minimum atomic E-state index is -1.59. The number of methoxy groups -OCH3 is 1. The number of ether oxygens (including phenoxy) is 1. The molecule has 0 heterocycles. The summed E-state index contributed by atoms with van der Waals surface area (Å²) in [6.45, 7) is 0. The van der Waals surface area contributed by atoms with E-state index in [-0.39, 0.29) is 0 Å². The highest BCUT2D eigenvalue weighted by molar-refractivity contribution is 14.1. The van der Waals surface area contributed by atoms with E-state index < -0.39 is 13.1 Å². The number of benzene rings is 1. The van der Waals surface area contributed by atoms with E-state index in [1.54, 1.807) is 6.07 Å². The van der Waals surface area contributed by atoms with Gasteiger partial charge in [0.2, 0.25) is 0 Å². The monoisotopic (exact) mass is 432 g/mol. The summed E-state index contributed by atoms with van der Waals surface area (Å²) in [5, 5.41) is 18.2. The average molecular weight is 432 g/mol. The number of rotatable bonds is 2. The van der Waals surface area contributed by atoms with Gasteiger partial charge in [0.05, 0.1) is 12.7 Å². The van der Waals surface area contributed by atoms with E-state index in [1.807, 2.05) is 45.2 Å². The Morgan fingerprint density at radius 1 is 1.40 bits per heavy atom. The van der Waals surface area contributed by atoms with Crippen molar-refractivity contribution in [1.29, 1.82) is 0 Å². The van der Waals surface area contributed by atoms with Crippen molar-refractivity contribution in [2.75, 3.05) is 7.11 Å². The number of carbonyl (C=O) groups excluding carboxylic acids is 1. The first-order valence-electron chi connectivity index (χ1n) is 3.90. The first-order valence-corrected chi connectivity index (χ1v) is 6.06. The summed E-state index contributed by atoms with van der Waals surface area (Å²) in [6.07, 6.45) is 0. The van der Waals surface area contributed by atoms with Crippen molar-refractivity contribution in [3.8, 4) is 0 Å². The molecule has 0 aliphatic carbocycles. The Kier molecular flexibility index (Phi) is 4.80. The van der Waals surface area contributed by atoms with Crippen LogP contribution >= 0.6 is 45.2 Å². The third-order valence-corrected chi connectivity index (χ3v) is 4.84. The van der Waals surface area contributed by atoms with Gasteiger partial charge in [0.15, 0.2) is 0 Å². The van der Waals surface area contributed by atoms with Crippen molar-refractivity contribution < 1.29 is 19.6 Å². The van der Waals surface area contributed by atoms with E-state index in [1.165, 1.54) is 13.2 Å². The van der Waals surface area contributed by atoms with Gasteiger partial charge in [-0.2, -0.15) is 0 Å². The Labute approximate surface area is 114 Å². The molecule has 80 valence electrons. The predicted molar refractivity (Wildman–Crippen MR) is 73.0 cm³/mol. The van der Waals surface area contributed by atoms with Gasteiger partial charge in [-0.3, -0.25) is 0 Å². The number of carbonyl (C=O) groups is 1. The highest BCUT2D eigenvalue weighted by Crippen LogP contribution is 2.16. The SMILES string of the molecule is COC(=O)c1cc(I)c(I)c(B(O)O)c1. The topological polar surface area (TPSA) is 66.8 Å². The quantitative estimate of drug-likeness (QED) is 0.403. The van der Waals surface area contributed by atoms with Crippen LogP contribution in [0.4, 0.5) is 0 Å². The Morgan fingerprint density at radius 3 is 2.47 bits per heavy atom. The molecule has 0 bridgehead atoms. The molecule has 1 aromatic rings. The summed E-state index contributed by atoms with van der Waals surface area (Å²) in [5.74, 6) is -0.494. The second-order valence-corrected chi connectivity index (χ2v) is 4.97. The van der Waals surface area contributed by atoms with E-state index in [0.29, 0.717) is 11.0 Å². The minimum Gasteiger partial charge on any atom is -0.465 e. The molecule has 0 spiro atoms. The third-order valence-electron chi connectivity index (χ3n) is 1.76. The van der Waals surface area contributed by atoms with Crippen LogP contribution in [-0.2, 0) is 4.74 Å². The standard InChI is InChI=1S/C8H7BI2O4/c1-15-8(12)4-2-5(9(13)14)7(11)6(10)3-4/h2-3,13-14H,1H3. The van der Waals surface area contributed by atoms with Crippen molar-refractivity contribution in [2.45, 2.75) is 0 Å².